The minimum atomic E-state index is 0.930. The summed E-state index contributed by atoms with van der Waals surface area (Å²) in [6, 6.07) is 12.4. The van der Waals surface area contributed by atoms with Gasteiger partial charge in [-0.15, -0.1) is 0 Å². The maximum Gasteiger partial charge on any atom is 0.144 e. The molecule has 18 heavy (non-hydrogen) atoms. The van der Waals surface area contributed by atoms with E-state index < -0.39 is 0 Å². The van der Waals surface area contributed by atoms with Crippen LogP contribution in [0.3, 0.4) is 0 Å². The molecule has 0 atom stereocenters. The van der Waals surface area contributed by atoms with Crippen molar-refractivity contribution in [1.82, 2.24) is 4.98 Å². The van der Waals surface area contributed by atoms with Crippen LogP contribution in [0.25, 0.3) is 32.7 Å². The van der Waals surface area contributed by atoms with Crippen LogP contribution in [0.4, 0.5) is 0 Å². The Kier molecular flexibility index (Phi) is 1.81. The minimum Gasteiger partial charge on any atom is -0.457 e. The van der Waals surface area contributed by atoms with Gasteiger partial charge in [0.1, 0.15) is 19.0 Å². The van der Waals surface area contributed by atoms with Crippen LogP contribution in [-0.4, -0.2) is 12.8 Å². The Morgan fingerprint density at radius 2 is 1.94 bits per heavy atom. The largest absolute Gasteiger partial charge is 0.457 e. The quantitative estimate of drug-likeness (QED) is 0.434. The second-order valence-corrected chi connectivity index (χ2v) is 4.59. The highest BCUT2D eigenvalue weighted by molar-refractivity contribution is 6.39. The van der Waals surface area contributed by atoms with Gasteiger partial charge >= 0.3 is 0 Å². The number of furan rings is 1. The number of hydrogen-bond donors (Lipinski definition) is 0. The van der Waals surface area contributed by atoms with Gasteiger partial charge in [-0.2, -0.15) is 0 Å². The zero-order valence-corrected chi connectivity index (χ0v) is 9.97. The fourth-order valence-electron chi connectivity index (χ4n) is 2.60. The van der Waals surface area contributed by atoms with Crippen LogP contribution >= 0.6 is 0 Å². The van der Waals surface area contributed by atoms with Crippen molar-refractivity contribution in [3.63, 3.8) is 0 Å². The van der Waals surface area contributed by atoms with Gasteiger partial charge in [0.2, 0.25) is 0 Å². The predicted molar refractivity (Wildman–Crippen MR) is 77.2 cm³/mol. The van der Waals surface area contributed by atoms with Crippen molar-refractivity contribution in [2.24, 2.45) is 0 Å². The molecule has 4 aromatic rings. The van der Waals surface area contributed by atoms with E-state index in [1.165, 1.54) is 21.6 Å². The molecule has 0 spiro atoms. The second-order valence-electron chi connectivity index (χ2n) is 4.59. The molecule has 2 nitrogen and oxygen atoms in total. The van der Waals surface area contributed by atoms with Gasteiger partial charge in [-0.1, -0.05) is 24.3 Å². The van der Waals surface area contributed by atoms with Crippen LogP contribution in [0, 0.1) is 0 Å². The van der Waals surface area contributed by atoms with Gasteiger partial charge in [0.25, 0.3) is 0 Å². The first kappa shape index (κ1) is 9.72. The molecule has 0 saturated heterocycles. The van der Waals surface area contributed by atoms with Crippen LogP contribution < -0.4 is 5.46 Å². The van der Waals surface area contributed by atoms with Crippen molar-refractivity contribution in [3.8, 4) is 0 Å². The molecular formula is C15H10BNO. The molecular weight excluding hydrogens is 221 g/mol. The SMILES string of the molecule is Bc1cccc2c1oc1ccc3ccncc3c12. The van der Waals surface area contributed by atoms with E-state index in [4.69, 9.17) is 4.42 Å². The summed E-state index contributed by atoms with van der Waals surface area (Å²) >= 11 is 0. The number of aromatic nitrogens is 1. The van der Waals surface area contributed by atoms with Crippen molar-refractivity contribution in [2.45, 2.75) is 0 Å². The van der Waals surface area contributed by atoms with E-state index in [9.17, 15) is 0 Å². The Morgan fingerprint density at radius 3 is 2.89 bits per heavy atom. The predicted octanol–water partition coefficient (Wildman–Crippen LogP) is 2.39. The number of para-hydroxylation sites is 1. The van der Waals surface area contributed by atoms with Crippen LogP contribution in [0.15, 0.2) is 53.2 Å². The lowest BCUT2D eigenvalue weighted by Gasteiger charge is -1.97. The molecule has 4 rings (SSSR count). The Morgan fingerprint density at radius 1 is 1.00 bits per heavy atom. The molecule has 0 radical (unpaired) electrons. The minimum absolute atomic E-state index is 0.930. The topological polar surface area (TPSA) is 26.0 Å². The number of rotatable bonds is 0. The van der Waals surface area contributed by atoms with E-state index in [-0.39, 0.29) is 0 Å². The first-order valence-electron chi connectivity index (χ1n) is 5.99. The summed E-state index contributed by atoms with van der Waals surface area (Å²) in [5.74, 6) is 0. The Balaban J connectivity index is 2.37. The van der Waals surface area contributed by atoms with E-state index in [0.717, 1.165) is 16.6 Å². The van der Waals surface area contributed by atoms with Crippen molar-refractivity contribution in [3.05, 3.63) is 48.8 Å². The van der Waals surface area contributed by atoms with Gasteiger partial charge in [0.15, 0.2) is 0 Å². The summed E-state index contributed by atoms with van der Waals surface area (Å²) < 4.78 is 5.96. The smallest absolute Gasteiger partial charge is 0.144 e. The summed E-state index contributed by atoms with van der Waals surface area (Å²) in [4.78, 5) is 4.23. The highest BCUT2D eigenvalue weighted by Crippen LogP contribution is 2.32. The molecule has 84 valence electrons. The molecule has 3 heteroatoms. The lowest BCUT2D eigenvalue weighted by atomic mass is 9.93. The molecule has 0 aliphatic carbocycles. The number of fused-ring (bicyclic) bond motifs is 5. The molecule has 0 aliphatic heterocycles. The maximum atomic E-state index is 5.96. The van der Waals surface area contributed by atoms with Crippen molar-refractivity contribution >= 4 is 46.0 Å². The van der Waals surface area contributed by atoms with Gasteiger partial charge < -0.3 is 4.42 Å². The Hall–Kier alpha value is -2.29. The maximum absolute atomic E-state index is 5.96. The summed E-state index contributed by atoms with van der Waals surface area (Å²) in [6.45, 7) is 0. The third-order valence-corrected chi connectivity index (χ3v) is 3.48. The zero-order chi connectivity index (χ0) is 12.1. The molecule has 0 saturated carbocycles. The van der Waals surface area contributed by atoms with E-state index in [1.807, 2.05) is 24.5 Å². The summed E-state index contributed by atoms with van der Waals surface area (Å²) in [6.07, 6.45) is 3.73. The van der Waals surface area contributed by atoms with Crippen LogP contribution in [-0.2, 0) is 0 Å². The number of pyridine rings is 1. The van der Waals surface area contributed by atoms with Gasteiger partial charge in [0, 0.05) is 28.6 Å². The van der Waals surface area contributed by atoms with Crippen LogP contribution in [0.2, 0.25) is 0 Å². The molecule has 0 fully saturated rings. The molecule has 0 amide bonds. The first-order chi connectivity index (χ1) is 8.84. The van der Waals surface area contributed by atoms with Crippen LogP contribution in [0.1, 0.15) is 0 Å². The average molecular weight is 231 g/mol. The van der Waals surface area contributed by atoms with E-state index in [2.05, 4.69) is 37.1 Å². The Labute approximate surface area is 105 Å². The van der Waals surface area contributed by atoms with E-state index >= 15 is 0 Å². The van der Waals surface area contributed by atoms with Gasteiger partial charge in [-0.25, -0.2) is 0 Å². The molecule has 0 aliphatic rings. The lowest BCUT2D eigenvalue weighted by Crippen LogP contribution is -2.00. The number of nitrogens with zero attached hydrogens (tertiary/aromatic N) is 1. The second kappa shape index (κ2) is 3.36. The lowest BCUT2D eigenvalue weighted by molar-refractivity contribution is 0.672. The van der Waals surface area contributed by atoms with Gasteiger partial charge in [-0.3, -0.25) is 4.98 Å². The van der Waals surface area contributed by atoms with Crippen molar-refractivity contribution in [2.75, 3.05) is 0 Å². The first-order valence-corrected chi connectivity index (χ1v) is 5.99. The standard InChI is InChI=1S/C15H10BNO/c16-12-3-1-2-10-14-11-8-17-7-6-9(11)4-5-13(14)18-15(10)12/h1-8H,16H2. The van der Waals surface area contributed by atoms with Crippen molar-refractivity contribution in [1.29, 1.82) is 0 Å². The van der Waals surface area contributed by atoms with Gasteiger partial charge in [-0.05, 0) is 23.0 Å². The summed E-state index contributed by atoms with van der Waals surface area (Å²) in [5, 5.41) is 4.68. The third kappa shape index (κ3) is 1.16. The molecule has 0 unspecified atom stereocenters. The fraction of sp³-hybridized carbons (Fsp3) is 0. The summed E-state index contributed by atoms with van der Waals surface area (Å²) in [7, 11) is 2.07. The third-order valence-electron chi connectivity index (χ3n) is 3.48. The molecule has 2 aromatic heterocycles. The molecule has 2 aromatic carbocycles. The monoisotopic (exact) mass is 231 g/mol. The van der Waals surface area contributed by atoms with Crippen molar-refractivity contribution < 1.29 is 4.42 Å². The fourth-order valence-corrected chi connectivity index (χ4v) is 2.60. The molecule has 0 N–H and O–H groups in total. The molecule has 0 bridgehead atoms. The molecule has 2 heterocycles. The number of hydrogen-bond acceptors (Lipinski definition) is 2. The Bertz CT molecular complexity index is 895. The zero-order valence-electron chi connectivity index (χ0n) is 9.97. The van der Waals surface area contributed by atoms with E-state index in [0.29, 0.717) is 0 Å². The highest BCUT2D eigenvalue weighted by Gasteiger charge is 2.11. The average Bonchev–Trinajstić information content (AvgIpc) is 2.79. The normalized spacial score (nSPS) is 11.6. The highest BCUT2D eigenvalue weighted by atomic mass is 16.3. The van der Waals surface area contributed by atoms with Gasteiger partial charge in [0.05, 0.1) is 0 Å². The summed E-state index contributed by atoms with van der Waals surface area (Å²) in [5.41, 5.74) is 3.07. The number of benzene rings is 2. The van der Waals surface area contributed by atoms with Crippen LogP contribution in [0.5, 0.6) is 0 Å². The van der Waals surface area contributed by atoms with E-state index in [1.54, 1.807) is 0 Å².